The van der Waals surface area contributed by atoms with Crippen molar-refractivity contribution >= 4 is 16.9 Å². The molecule has 0 saturated carbocycles. The van der Waals surface area contributed by atoms with Crippen LogP contribution < -0.4 is 4.74 Å². The number of esters is 1. The minimum absolute atomic E-state index is 0.0127. The Morgan fingerprint density at radius 2 is 2.29 bits per heavy atom. The molecule has 1 aliphatic rings. The van der Waals surface area contributed by atoms with Crippen molar-refractivity contribution in [3.8, 4) is 5.75 Å². The molecule has 1 unspecified atom stereocenters. The Labute approximate surface area is 122 Å². The minimum atomic E-state index is -0.446. The summed E-state index contributed by atoms with van der Waals surface area (Å²) in [5, 5.41) is 0.860. The highest BCUT2D eigenvalue weighted by Crippen LogP contribution is 2.29. The van der Waals surface area contributed by atoms with Gasteiger partial charge in [0.05, 0.1) is 13.2 Å². The summed E-state index contributed by atoms with van der Waals surface area (Å²) >= 11 is 0. The topological polar surface area (TPSA) is 57.9 Å². The standard InChI is InChI=1S/C16H18O5/c1-10-13-8-11(18-2)5-6-14(13)21-15(10)16(17)20-9-12-4-3-7-19-12/h5-6,8,12H,3-4,7,9H2,1-2H3. The minimum Gasteiger partial charge on any atom is -0.497 e. The van der Waals surface area contributed by atoms with Crippen LogP contribution >= 0.6 is 0 Å². The second-order valence-corrected chi connectivity index (χ2v) is 5.15. The average molecular weight is 290 g/mol. The van der Waals surface area contributed by atoms with Crippen LogP contribution in [0.15, 0.2) is 22.6 Å². The van der Waals surface area contributed by atoms with Crippen LogP contribution in [0.25, 0.3) is 11.0 Å². The maximum atomic E-state index is 12.1. The lowest BCUT2D eigenvalue weighted by molar-refractivity contribution is 0.0137. The van der Waals surface area contributed by atoms with Crippen LogP contribution in [0.4, 0.5) is 0 Å². The molecule has 112 valence electrons. The number of hydrogen-bond acceptors (Lipinski definition) is 5. The number of carbonyl (C=O) groups is 1. The highest BCUT2D eigenvalue weighted by atomic mass is 16.6. The lowest BCUT2D eigenvalue weighted by Gasteiger charge is -2.09. The van der Waals surface area contributed by atoms with E-state index in [0.29, 0.717) is 5.58 Å². The number of carbonyl (C=O) groups excluding carboxylic acids is 1. The van der Waals surface area contributed by atoms with Gasteiger partial charge in [0.25, 0.3) is 0 Å². The van der Waals surface area contributed by atoms with E-state index in [9.17, 15) is 4.79 Å². The van der Waals surface area contributed by atoms with Crippen molar-refractivity contribution in [1.82, 2.24) is 0 Å². The quantitative estimate of drug-likeness (QED) is 0.810. The predicted molar refractivity (Wildman–Crippen MR) is 76.8 cm³/mol. The lowest BCUT2D eigenvalue weighted by atomic mass is 10.1. The monoisotopic (exact) mass is 290 g/mol. The van der Waals surface area contributed by atoms with Gasteiger partial charge in [-0.25, -0.2) is 4.79 Å². The Bertz CT molecular complexity index is 652. The van der Waals surface area contributed by atoms with E-state index in [1.54, 1.807) is 19.2 Å². The number of rotatable bonds is 4. The fourth-order valence-electron chi connectivity index (χ4n) is 2.53. The van der Waals surface area contributed by atoms with Crippen LogP contribution in [0.1, 0.15) is 29.0 Å². The molecule has 3 rings (SSSR count). The number of hydrogen-bond donors (Lipinski definition) is 0. The van der Waals surface area contributed by atoms with Gasteiger partial charge in [-0.3, -0.25) is 0 Å². The van der Waals surface area contributed by atoms with E-state index in [0.717, 1.165) is 36.1 Å². The number of furan rings is 1. The molecule has 1 aliphatic heterocycles. The SMILES string of the molecule is COc1ccc2oc(C(=O)OCC3CCCO3)c(C)c2c1. The first-order valence-electron chi connectivity index (χ1n) is 7.05. The summed E-state index contributed by atoms with van der Waals surface area (Å²) in [6.45, 7) is 2.86. The molecular weight excluding hydrogens is 272 g/mol. The second kappa shape index (κ2) is 5.77. The zero-order chi connectivity index (χ0) is 14.8. The van der Waals surface area contributed by atoms with E-state index >= 15 is 0 Å². The highest BCUT2D eigenvalue weighted by Gasteiger charge is 2.22. The molecule has 0 amide bonds. The molecule has 0 N–H and O–H groups in total. The molecule has 0 bridgehead atoms. The zero-order valence-electron chi connectivity index (χ0n) is 12.2. The molecule has 1 aromatic heterocycles. The third-order valence-corrected chi connectivity index (χ3v) is 3.75. The summed E-state index contributed by atoms with van der Waals surface area (Å²) in [6.07, 6.45) is 1.97. The van der Waals surface area contributed by atoms with Crippen molar-refractivity contribution in [3.63, 3.8) is 0 Å². The summed E-state index contributed by atoms with van der Waals surface area (Å²) in [7, 11) is 1.60. The van der Waals surface area contributed by atoms with Crippen molar-refractivity contribution in [1.29, 1.82) is 0 Å². The van der Waals surface area contributed by atoms with Crippen molar-refractivity contribution < 1.29 is 23.4 Å². The zero-order valence-corrected chi connectivity index (χ0v) is 12.2. The largest absolute Gasteiger partial charge is 0.497 e. The van der Waals surface area contributed by atoms with E-state index in [1.165, 1.54) is 0 Å². The summed E-state index contributed by atoms with van der Waals surface area (Å²) in [5.74, 6) is 0.528. The van der Waals surface area contributed by atoms with Gasteiger partial charge in [-0.15, -0.1) is 0 Å². The average Bonchev–Trinajstić information content (AvgIpc) is 3.13. The van der Waals surface area contributed by atoms with Gasteiger partial charge in [0.2, 0.25) is 5.76 Å². The Morgan fingerprint density at radius 1 is 1.43 bits per heavy atom. The maximum absolute atomic E-state index is 12.1. The Hall–Kier alpha value is -2.01. The van der Waals surface area contributed by atoms with E-state index < -0.39 is 5.97 Å². The molecule has 5 nitrogen and oxygen atoms in total. The third kappa shape index (κ3) is 2.74. The maximum Gasteiger partial charge on any atom is 0.374 e. The van der Waals surface area contributed by atoms with Crippen molar-refractivity contribution in [3.05, 3.63) is 29.5 Å². The molecule has 1 aromatic carbocycles. The van der Waals surface area contributed by atoms with Gasteiger partial charge in [-0.05, 0) is 38.0 Å². The molecule has 21 heavy (non-hydrogen) atoms. The molecule has 1 atom stereocenters. The lowest BCUT2D eigenvalue weighted by Crippen LogP contribution is -2.17. The van der Waals surface area contributed by atoms with Crippen LogP contribution in [0.3, 0.4) is 0 Å². The molecule has 0 spiro atoms. The van der Waals surface area contributed by atoms with Gasteiger partial charge in [0.1, 0.15) is 17.9 Å². The second-order valence-electron chi connectivity index (χ2n) is 5.15. The summed E-state index contributed by atoms with van der Waals surface area (Å²) in [6, 6.07) is 5.44. The molecule has 5 heteroatoms. The van der Waals surface area contributed by atoms with Gasteiger partial charge >= 0.3 is 5.97 Å². The van der Waals surface area contributed by atoms with Crippen LogP contribution in [-0.2, 0) is 9.47 Å². The van der Waals surface area contributed by atoms with Gasteiger partial charge in [-0.1, -0.05) is 0 Å². The molecule has 2 aromatic rings. The number of fused-ring (bicyclic) bond motifs is 1. The van der Waals surface area contributed by atoms with Crippen LogP contribution in [0.2, 0.25) is 0 Å². The Kier molecular flexibility index (Phi) is 3.84. The van der Waals surface area contributed by atoms with Crippen molar-refractivity contribution in [2.45, 2.75) is 25.9 Å². The molecular formula is C16H18O5. The fraction of sp³-hybridized carbons (Fsp3) is 0.438. The van der Waals surface area contributed by atoms with Crippen molar-refractivity contribution in [2.24, 2.45) is 0 Å². The number of aryl methyl sites for hydroxylation is 1. The Morgan fingerprint density at radius 3 is 3.00 bits per heavy atom. The predicted octanol–water partition coefficient (Wildman–Crippen LogP) is 3.09. The molecule has 1 fully saturated rings. The van der Waals surface area contributed by atoms with Crippen LogP contribution in [0, 0.1) is 6.92 Å². The van der Waals surface area contributed by atoms with Crippen molar-refractivity contribution in [2.75, 3.05) is 20.3 Å². The fourth-order valence-corrected chi connectivity index (χ4v) is 2.53. The van der Waals surface area contributed by atoms with Gasteiger partial charge in [0, 0.05) is 17.6 Å². The normalized spacial score (nSPS) is 18.1. The van der Waals surface area contributed by atoms with E-state index in [1.807, 2.05) is 13.0 Å². The number of methoxy groups -OCH3 is 1. The van der Waals surface area contributed by atoms with Gasteiger partial charge in [0.15, 0.2) is 0 Å². The summed E-state index contributed by atoms with van der Waals surface area (Å²) < 4.78 is 21.5. The highest BCUT2D eigenvalue weighted by molar-refractivity contribution is 5.96. The van der Waals surface area contributed by atoms with Gasteiger partial charge < -0.3 is 18.6 Å². The summed E-state index contributed by atoms with van der Waals surface area (Å²) in [4.78, 5) is 12.1. The first kappa shape index (κ1) is 13.9. The van der Waals surface area contributed by atoms with E-state index in [-0.39, 0.29) is 18.5 Å². The van der Waals surface area contributed by atoms with E-state index in [4.69, 9.17) is 18.6 Å². The third-order valence-electron chi connectivity index (χ3n) is 3.75. The number of ether oxygens (including phenoxy) is 3. The molecule has 0 radical (unpaired) electrons. The van der Waals surface area contributed by atoms with E-state index in [2.05, 4.69) is 0 Å². The molecule has 0 aliphatic carbocycles. The van der Waals surface area contributed by atoms with Crippen LogP contribution in [0.5, 0.6) is 5.75 Å². The van der Waals surface area contributed by atoms with Gasteiger partial charge in [-0.2, -0.15) is 0 Å². The smallest absolute Gasteiger partial charge is 0.374 e. The summed E-state index contributed by atoms with van der Waals surface area (Å²) in [5.41, 5.74) is 1.42. The Balaban J connectivity index is 1.79. The molecule has 1 saturated heterocycles. The van der Waals surface area contributed by atoms with Crippen LogP contribution in [-0.4, -0.2) is 32.4 Å². The number of benzene rings is 1. The first-order chi connectivity index (χ1) is 10.2. The first-order valence-corrected chi connectivity index (χ1v) is 7.05. The molecule has 2 heterocycles.